The topological polar surface area (TPSA) is 81.7 Å². The Kier molecular flexibility index (Phi) is 10.4. The monoisotopic (exact) mass is 379 g/mol. The van der Waals surface area contributed by atoms with Gasteiger partial charge in [-0.1, -0.05) is 30.9 Å². The molecule has 0 aliphatic rings. The molecule has 0 aromatic carbocycles. The molecule has 0 fully saturated rings. The van der Waals surface area contributed by atoms with Crippen LogP contribution in [-0.4, -0.2) is 35.6 Å². The highest BCUT2D eigenvalue weighted by atomic mass is 16.6. The van der Waals surface area contributed by atoms with E-state index in [-0.39, 0.29) is 18.3 Å². The normalized spacial score (nSPS) is 14.2. The van der Waals surface area contributed by atoms with Crippen molar-refractivity contribution in [3.05, 3.63) is 36.5 Å². The van der Waals surface area contributed by atoms with E-state index in [9.17, 15) is 14.4 Å². The number of carbonyl (C=O) groups excluding carboxylic acids is 3. The number of hydrogen-bond donors (Lipinski definition) is 1. The van der Waals surface area contributed by atoms with Crippen molar-refractivity contribution >= 4 is 17.8 Å². The molecule has 0 rings (SSSR count). The number of esters is 1. The molecule has 6 nitrogen and oxygen atoms in total. The number of allylic oxidation sites excluding steroid dienone is 5. The van der Waals surface area contributed by atoms with Gasteiger partial charge in [0.15, 0.2) is 0 Å². The Bertz CT molecular complexity index is 596. The number of hydrogen-bond acceptors (Lipinski definition) is 5. The van der Waals surface area contributed by atoms with Gasteiger partial charge in [-0.2, -0.15) is 0 Å². The fraction of sp³-hybridized carbons (Fsp3) is 0.571. The molecule has 0 aromatic heterocycles. The molecule has 152 valence electrons. The van der Waals surface area contributed by atoms with Crippen LogP contribution in [0.4, 0.5) is 4.79 Å². The molecule has 27 heavy (non-hydrogen) atoms. The van der Waals surface area contributed by atoms with Crippen LogP contribution in [0.25, 0.3) is 0 Å². The first-order chi connectivity index (χ1) is 12.4. The van der Waals surface area contributed by atoms with Crippen LogP contribution in [0.1, 0.15) is 54.9 Å². The molecule has 0 aliphatic heterocycles. The zero-order chi connectivity index (χ0) is 21.2. The number of rotatable bonds is 9. The molecule has 2 atom stereocenters. The van der Waals surface area contributed by atoms with Crippen molar-refractivity contribution in [3.63, 3.8) is 0 Å². The summed E-state index contributed by atoms with van der Waals surface area (Å²) in [4.78, 5) is 36.7. The van der Waals surface area contributed by atoms with Gasteiger partial charge in [-0.15, -0.1) is 0 Å². The molecule has 0 bridgehead atoms. The third kappa shape index (κ3) is 11.1. The molecule has 1 N–H and O–H groups in total. The average Bonchev–Trinajstić information content (AvgIpc) is 2.48. The SMILES string of the molecule is C=C(/C=C\C=C/C)[C@@H](C[C@H](NC(=O)OC(C)(C)C)C(=O)OC(C)C)C(C)=O. The first-order valence-corrected chi connectivity index (χ1v) is 9.06. The summed E-state index contributed by atoms with van der Waals surface area (Å²) < 4.78 is 10.4. The number of ether oxygens (including phenoxy) is 2. The second-order valence-electron chi connectivity index (χ2n) is 7.54. The van der Waals surface area contributed by atoms with Crippen LogP contribution in [-0.2, 0) is 19.1 Å². The van der Waals surface area contributed by atoms with Crippen molar-refractivity contribution in [2.24, 2.45) is 5.92 Å². The summed E-state index contributed by atoms with van der Waals surface area (Å²) in [6.45, 7) is 15.8. The summed E-state index contributed by atoms with van der Waals surface area (Å²) in [5.41, 5.74) is -0.163. The van der Waals surface area contributed by atoms with E-state index < -0.39 is 29.6 Å². The van der Waals surface area contributed by atoms with Crippen LogP contribution in [0.2, 0.25) is 0 Å². The highest BCUT2D eigenvalue weighted by Crippen LogP contribution is 2.20. The molecule has 0 saturated heterocycles. The lowest BCUT2D eigenvalue weighted by atomic mass is 9.89. The third-order valence-electron chi connectivity index (χ3n) is 3.35. The van der Waals surface area contributed by atoms with E-state index in [0.29, 0.717) is 5.57 Å². The van der Waals surface area contributed by atoms with Gasteiger partial charge in [-0.05, 0) is 60.5 Å². The second-order valence-corrected chi connectivity index (χ2v) is 7.54. The van der Waals surface area contributed by atoms with Crippen LogP contribution < -0.4 is 5.32 Å². The van der Waals surface area contributed by atoms with E-state index in [4.69, 9.17) is 9.47 Å². The van der Waals surface area contributed by atoms with Crippen molar-refractivity contribution in [1.29, 1.82) is 0 Å². The van der Waals surface area contributed by atoms with Gasteiger partial charge >= 0.3 is 12.1 Å². The van der Waals surface area contributed by atoms with Gasteiger partial charge in [0.2, 0.25) is 0 Å². The van der Waals surface area contributed by atoms with Crippen molar-refractivity contribution in [2.45, 2.75) is 72.6 Å². The Morgan fingerprint density at radius 2 is 1.74 bits per heavy atom. The minimum absolute atomic E-state index is 0.0408. The average molecular weight is 379 g/mol. The Morgan fingerprint density at radius 1 is 1.15 bits per heavy atom. The van der Waals surface area contributed by atoms with Crippen LogP contribution in [0.15, 0.2) is 36.5 Å². The molecule has 0 heterocycles. The van der Waals surface area contributed by atoms with Crippen molar-refractivity contribution in [1.82, 2.24) is 5.32 Å². The summed E-state index contributed by atoms with van der Waals surface area (Å²) in [5.74, 6) is -1.41. The largest absolute Gasteiger partial charge is 0.461 e. The third-order valence-corrected chi connectivity index (χ3v) is 3.35. The van der Waals surface area contributed by atoms with Crippen molar-refractivity contribution < 1.29 is 23.9 Å². The zero-order valence-corrected chi connectivity index (χ0v) is 17.5. The molecule has 0 unspecified atom stereocenters. The molecule has 0 aliphatic carbocycles. The predicted molar refractivity (Wildman–Crippen MR) is 106 cm³/mol. The van der Waals surface area contributed by atoms with E-state index >= 15 is 0 Å². The van der Waals surface area contributed by atoms with Gasteiger partial charge in [0.1, 0.15) is 17.4 Å². The first kappa shape index (κ1) is 24.6. The van der Waals surface area contributed by atoms with Crippen LogP contribution >= 0.6 is 0 Å². The summed E-state index contributed by atoms with van der Waals surface area (Å²) in [5, 5.41) is 2.52. The number of carbonyl (C=O) groups is 3. The number of alkyl carbamates (subject to hydrolysis) is 1. The number of nitrogens with one attached hydrogen (secondary N) is 1. The maximum atomic E-state index is 12.4. The number of Topliss-reactive ketones (excluding diaryl/α,β-unsaturated/α-hetero) is 1. The number of amides is 1. The Balaban J connectivity index is 5.43. The molecule has 0 aromatic rings. The number of ketones is 1. The standard InChI is InChI=1S/C21H33NO5/c1-9-10-11-12-15(4)17(16(5)23)13-18(19(24)26-14(2)3)22-20(25)27-21(6,7)8/h9-12,14,17-18H,4,13H2,1-3,5-8H3,(H,22,25)/b10-9-,12-11-/t17-,18+/m1/s1. The summed E-state index contributed by atoms with van der Waals surface area (Å²) in [6.07, 6.45) is 6.08. The van der Waals surface area contributed by atoms with Crippen molar-refractivity contribution in [3.8, 4) is 0 Å². The fourth-order valence-electron chi connectivity index (χ4n) is 2.20. The van der Waals surface area contributed by atoms with Gasteiger partial charge in [0.25, 0.3) is 0 Å². The molecular weight excluding hydrogens is 346 g/mol. The maximum absolute atomic E-state index is 12.4. The van der Waals surface area contributed by atoms with Crippen LogP contribution in [0.5, 0.6) is 0 Å². The highest BCUT2D eigenvalue weighted by Gasteiger charge is 2.31. The first-order valence-electron chi connectivity index (χ1n) is 9.06. The lowest BCUT2D eigenvalue weighted by Crippen LogP contribution is -2.46. The van der Waals surface area contributed by atoms with Crippen LogP contribution in [0.3, 0.4) is 0 Å². The zero-order valence-electron chi connectivity index (χ0n) is 17.5. The molecule has 6 heteroatoms. The fourth-order valence-corrected chi connectivity index (χ4v) is 2.20. The molecule has 0 radical (unpaired) electrons. The highest BCUT2D eigenvalue weighted by molar-refractivity contribution is 5.85. The van der Waals surface area contributed by atoms with Crippen LogP contribution in [0, 0.1) is 5.92 Å². The minimum atomic E-state index is -1.02. The van der Waals surface area contributed by atoms with E-state index in [0.717, 1.165) is 0 Å². The lowest BCUT2D eigenvalue weighted by molar-refractivity contribution is -0.150. The minimum Gasteiger partial charge on any atom is -0.461 e. The molecule has 0 saturated carbocycles. The molecule has 0 spiro atoms. The summed E-state index contributed by atoms with van der Waals surface area (Å²) in [7, 11) is 0. The van der Waals surface area contributed by atoms with Crippen molar-refractivity contribution in [2.75, 3.05) is 0 Å². The van der Waals surface area contributed by atoms with Gasteiger partial charge in [-0.3, -0.25) is 4.79 Å². The smallest absolute Gasteiger partial charge is 0.408 e. The second kappa shape index (κ2) is 11.4. The van der Waals surface area contributed by atoms with Gasteiger partial charge < -0.3 is 14.8 Å². The van der Waals surface area contributed by atoms with E-state index in [1.807, 2.05) is 19.1 Å². The lowest BCUT2D eigenvalue weighted by Gasteiger charge is -2.25. The van der Waals surface area contributed by atoms with Gasteiger partial charge in [-0.25, -0.2) is 9.59 Å². The molecular formula is C21H33NO5. The Morgan fingerprint density at radius 3 is 2.19 bits per heavy atom. The van der Waals surface area contributed by atoms with E-state index in [1.54, 1.807) is 46.8 Å². The molecule has 1 amide bonds. The van der Waals surface area contributed by atoms with E-state index in [2.05, 4.69) is 11.9 Å². The summed E-state index contributed by atoms with van der Waals surface area (Å²) in [6, 6.07) is -1.02. The van der Waals surface area contributed by atoms with Gasteiger partial charge in [0, 0.05) is 5.92 Å². The Hall–Kier alpha value is -2.37. The Labute approximate surface area is 162 Å². The summed E-state index contributed by atoms with van der Waals surface area (Å²) >= 11 is 0. The quantitative estimate of drug-likeness (QED) is 0.481. The predicted octanol–water partition coefficient (Wildman–Crippen LogP) is 4.12. The van der Waals surface area contributed by atoms with E-state index in [1.165, 1.54) is 6.92 Å². The maximum Gasteiger partial charge on any atom is 0.408 e. The van der Waals surface area contributed by atoms with Gasteiger partial charge in [0.05, 0.1) is 6.10 Å².